The molecule has 6 aromatic carbocycles. The van der Waals surface area contributed by atoms with Gasteiger partial charge in [0.05, 0.1) is 48.9 Å². The molecule has 9 aromatic rings. The Morgan fingerprint density at radius 2 is 0.820 bits per heavy atom. The maximum Gasteiger partial charge on any atom is 0.318 e. The van der Waals surface area contributed by atoms with Crippen molar-refractivity contribution in [2.45, 2.75) is 146 Å². The topological polar surface area (TPSA) is 217 Å². The molecule has 13 heterocycles. The molecule has 133 heavy (non-hydrogen) atoms. The molecule has 31 heteroatoms. The molecule has 20 rings (SSSR count). The number of rotatable bonds is 22. The normalized spacial score (nSPS) is 21.2. The number of piperazine rings is 3. The van der Waals surface area contributed by atoms with Crippen LogP contribution in [0.25, 0.3) is 46.9 Å². The van der Waals surface area contributed by atoms with Gasteiger partial charge in [-0.3, -0.25) is 24.2 Å². The minimum atomic E-state index is -1.01. The van der Waals surface area contributed by atoms with E-state index < -0.39 is 53.3 Å². The van der Waals surface area contributed by atoms with Crippen LogP contribution < -0.4 is 43.6 Å². The summed E-state index contributed by atoms with van der Waals surface area (Å²) in [5.74, 6) is -2.89. The van der Waals surface area contributed by atoms with Crippen LogP contribution in [0.2, 0.25) is 0 Å². The highest BCUT2D eigenvalue weighted by Crippen LogP contribution is 2.44. The largest absolute Gasteiger partial charge is 0.462 e. The van der Waals surface area contributed by atoms with Crippen LogP contribution in [0, 0.1) is 40.5 Å². The van der Waals surface area contributed by atoms with E-state index in [0.717, 1.165) is 142 Å². The molecule has 11 aliphatic rings. The first-order valence-electron chi connectivity index (χ1n) is 46.9. The van der Waals surface area contributed by atoms with Crippen LogP contribution in [-0.2, 0) is 58.0 Å². The smallest absolute Gasteiger partial charge is 0.318 e. The molecule has 1 aliphatic carbocycles. The van der Waals surface area contributed by atoms with Crippen molar-refractivity contribution in [1.82, 2.24) is 59.3 Å². The Bertz CT molecular complexity index is 5850. The van der Waals surface area contributed by atoms with Gasteiger partial charge in [-0.05, 0) is 156 Å². The quantitative estimate of drug-likeness (QED) is 0.0455. The van der Waals surface area contributed by atoms with E-state index in [2.05, 4.69) is 215 Å². The van der Waals surface area contributed by atoms with Crippen molar-refractivity contribution < 1.29 is 46.5 Å². The molecule has 0 radical (unpaired) electrons. The number of anilines is 6. The van der Waals surface area contributed by atoms with Gasteiger partial charge in [-0.15, -0.1) is 0 Å². The molecule has 8 fully saturated rings. The van der Waals surface area contributed by atoms with Crippen LogP contribution in [0.15, 0.2) is 146 Å². The molecule has 0 spiro atoms. The first kappa shape index (κ1) is 90.8. The lowest BCUT2D eigenvalue weighted by atomic mass is 9.95. The number of amides is 3. The summed E-state index contributed by atoms with van der Waals surface area (Å²) in [6.07, 6.45) is 10.4. The first-order chi connectivity index (χ1) is 64.6. The number of carbonyl (C=O) groups is 3. The van der Waals surface area contributed by atoms with Crippen LogP contribution >= 0.6 is 0 Å². The second kappa shape index (κ2) is 39.6. The van der Waals surface area contributed by atoms with E-state index in [9.17, 15) is 27.6 Å². The van der Waals surface area contributed by atoms with Gasteiger partial charge in [0.2, 0.25) is 19.6 Å². The van der Waals surface area contributed by atoms with Gasteiger partial charge < -0.3 is 82.5 Å². The molecule has 3 amide bonds. The summed E-state index contributed by atoms with van der Waals surface area (Å²) < 4.78 is 66.5. The van der Waals surface area contributed by atoms with Gasteiger partial charge in [0.1, 0.15) is 61.5 Å². The van der Waals surface area contributed by atoms with Crippen LogP contribution in [0.5, 0.6) is 18.0 Å². The van der Waals surface area contributed by atoms with E-state index in [-0.39, 0.29) is 56.9 Å². The van der Waals surface area contributed by atoms with Gasteiger partial charge >= 0.3 is 18.0 Å². The predicted molar refractivity (Wildman–Crippen MR) is 509 cm³/mol. The third-order valence-electron chi connectivity index (χ3n) is 28.7. The molecule has 28 nitrogen and oxygen atoms in total. The lowest BCUT2D eigenvalue weighted by Gasteiger charge is -2.41. The molecule has 10 aliphatic heterocycles. The molecule has 0 N–H and O–H groups in total. The van der Waals surface area contributed by atoms with E-state index in [4.69, 9.17) is 68.6 Å². The number of aromatic nitrogens is 6. The highest BCUT2D eigenvalue weighted by molar-refractivity contribution is 6.00. The highest BCUT2D eigenvalue weighted by atomic mass is 19.1. The molecular formula is C102H116F3N21O7. The van der Waals surface area contributed by atoms with Crippen molar-refractivity contribution in [3.05, 3.63) is 231 Å². The zero-order valence-corrected chi connectivity index (χ0v) is 76.5. The number of halogens is 3. The molecule has 0 bridgehead atoms. The highest BCUT2D eigenvalue weighted by Gasteiger charge is 2.47. The molecule has 692 valence electrons. The van der Waals surface area contributed by atoms with Crippen LogP contribution in [0.4, 0.5) is 47.7 Å². The number of benzene rings is 6. The Morgan fingerprint density at radius 3 is 1.17 bits per heavy atom. The Kier molecular flexibility index (Phi) is 27.0. The number of morpholine rings is 1. The minimum Gasteiger partial charge on any atom is -0.462 e. The summed E-state index contributed by atoms with van der Waals surface area (Å²) in [5, 5.41) is 7.39. The number of likely N-dealkylation sites (N-methyl/N-ethyl adjacent to an activating group) is 1. The van der Waals surface area contributed by atoms with Crippen molar-refractivity contribution >= 4 is 84.6 Å². The maximum atomic E-state index is 13.9. The van der Waals surface area contributed by atoms with Crippen molar-refractivity contribution in [3.8, 4) is 18.0 Å². The van der Waals surface area contributed by atoms with Crippen molar-refractivity contribution in [2.75, 3.05) is 194 Å². The van der Waals surface area contributed by atoms with Gasteiger partial charge in [0, 0.05) is 160 Å². The fraction of sp³-hybridized carbons (Fsp3) is 0.471. The SMILES string of the molecule is [C-]#[N+]C[C@H]1CN(c2nc(OCC34CCCN3CCC4)nc3c2CCN(c2cccc4cccc(C)c24)C3)CCN1C(=O)C(=C)F.[C-]#[N+]C[C@H]1CN(c2nc(OCC3CN(C)CCO3)nc3c2CCN(c2cccc4cccc(C)c24)C3)CCN1C(=O)C(=C)F.[C-]#[N+]C[C@H]1CN(c2nc(OC[C@@H]3CCN3C3CC3)nc3c2CCN(c2cccc4cccc(C)c24)C3)CCN1C(=O)C(=C)F. The lowest BCUT2D eigenvalue weighted by molar-refractivity contribution is -0.131. The van der Waals surface area contributed by atoms with Gasteiger partial charge in [0.25, 0.3) is 17.7 Å². The Balaban J connectivity index is 0.000000134. The summed E-state index contributed by atoms with van der Waals surface area (Å²) >= 11 is 0. The molecule has 5 atom stereocenters. The fourth-order valence-corrected chi connectivity index (χ4v) is 21.8. The van der Waals surface area contributed by atoms with E-state index >= 15 is 0 Å². The Morgan fingerprint density at radius 1 is 0.444 bits per heavy atom. The van der Waals surface area contributed by atoms with Crippen LogP contribution in [-0.4, -0.2) is 283 Å². The molecule has 7 saturated heterocycles. The first-order valence-corrected chi connectivity index (χ1v) is 46.9. The van der Waals surface area contributed by atoms with Gasteiger partial charge in [-0.2, -0.15) is 29.9 Å². The summed E-state index contributed by atoms with van der Waals surface area (Å²) in [4.78, 5) is 103. The molecular weight excluding hydrogens is 1690 g/mol. The number of nitrogens with zero attached hydrogens (tertiary/aromatic N) is 21. The average molecular weight is 1810 g/mol. The number of hydrogen-bond acceptors (Lipinski definition) is 22. The molecule has 1 unspecified atom stereocenters. The summed E-state index contributed by atoms with van der Waals surface area (Å²) in [6, 6.07) is 39.2. The Hall–Kier alpha value is -12.7. The number of hydrogen-bond donors (Lipinski definition) is 0. The third kappa shape index (κ3) is 19.2. The van der Waals surface area contributed by atoms with Crippen LogP contribution in [0.3, 0.4) is 0 Å². The summed E-state index contributed by atoms with van der Waals surface area (Å²) in [5.41, 5.74) is 13.3. The average Bonchev–Trinajstić information content (AvgIpc) is 1.66. The summed E-state index contributed by atoms with van der Waals surface area (Å²) in [6.45, 7) is 53.4. The standard InChI is InChI=1S/C35H40FN7O2.C34H38FN7O2.C33H38FN7O3/c1-24-8-4-9-26-10-5-11-30(31(24)26)40-17-12-28-29(22-40)38-34(45-23-35-13-6-15-42(35)16-7-14-35)39-32(28)41-18-19-43(33(44)25(2)36)27(21-41)20-37-3;1-22-6-4-7-24-8-5-9-30(31(22)24)39-14-13-28-29(20-39)37-34(44-21-26-12-15-41(26)25-10-11-25)38-32(28)40-16-17-42(33(43)23(2)35)27(19-40)18-36-3;1-22-7-5-8-24-9-6-10-29(30(22)24)39-12-11-27-28(20-39)36-33(44-21-26-19-38(4)15-16-43-26)37-31(27)40-13-14-41(32(42)23(2)34)25(18-40)17-35-3/h4-5,8-11,27H,2,6-7,12-23H2,1H3;4-9,25-27H,2,10-21H2,1H3;5-10,25-26H,2,11-21H2,1,4H3/t27-;26-,27-;25-,26?/m000/s1. The zero-order chi connectivity index (χ0) is 92.3. The second-order valence-electron chi connectivity index (χ2n) is 37.2. The van der Waals surface area contributed by atoms with E-state index in [1.807, 2.05) is 0 Å². The lowest BCUT2D eigenvalue weighted by Crippen LogP contribution is -2.57. The van der Waals surface area contributed by atoms with Crippen molar-refractivity contribution in [3.63, 3.8) is 0 Å². The number of ether oxygens (including phenoxy) is 4. The number of likely N-dealkylation sites (tertiary alicyclic amines) is 1. The predicted octanol–water partition coefficient (Wildman–Crippen LogP) is 13.1. The zero-order valence-electron chi connectivity index (χ0n) is 76.5. The molecule has 1 saturated carbocycles. The fourth-order valence-electron chi connectivity index (χ4n) is 21.8. The van der Waals surface area contributed by atoms with Crippen molar-refractivity contribution in [2.24, 2.45) is 0 Å². The number of fused-ring (bicyclic) bond motifs is 7. The van der Waals surface area contributed by atoms with E-state index in [1.165, 1.54) is 106 Å². The Labute approximate surface area is 775 Å². The second-order valence-corrected chi connectivity index (χ2v) is 37.2. The third-order valence-corrected chi connectivity index (χ3v) is 28.7. The van der Waals surface area contributed by atoms with E-state index in [0.29, 0.717) is 109 Å². The van der Waals surface area contributed by atoms with Gasteiger partial charge in [-0.1, -0.05) is 111 Å². The van der Waals surface area contributed by atoms with Crippen LogP contribution in [0.1, 0.15) is 95.4 Å². The van der Waals surface area contributed by atoms with Crippen molar-refractivity contribution in [1.29, 1.82) is 0 Å². The number of aryl methyl sites for hydroxylation is 3. The minimum absolute atomic E-state index is 0.0624. The van der Waals surface area contributed by atoms with E-state index in [1.54, 1.807) is 0 Å². The number of carbonyl (C=O) groups excluding carboxylic acids is 3. The monoisotopic (exact) mass is 1800 g/mol. The van der Waals surface area contributed by atoms with Gasteiger partial charge in [-0.25, -0.2) is 32.9 Å². The maximum absolute atomic E-state index is 13.9. The van der Waals surface area contributed by atoms with Gasteiger partial charge in [0.15, 0.2) is 17.5 Å². The molecule has 3 aromatic heterocycles. The summed E-state index contributed by atoms with van der Waals surface area (Å²) in [7, 11) is 2.06.